The van der Waals surface area contributed by atoms with Crippen LogP contribution in [0.15, 0.2) is 5.38 Å². The summed E-state index contributed by atoms with van der Waals surface area (Å²) in [6, 6.07) is 0.374. The highest BCUT2D eigenvalue weighted by Gasteiger charge is 2.09. The maximum atomic E-state index is 8.97. The van der Waals surface area contributed by atoms with E-state index >= 15 is 0 Å². The van der Waals surface area contributed by atoms with E-state index in [2.05, 4.69) is 35.8 Å². The Balaban J connectivity index is 2.41. The average Bonchev–Trinajstić information content (AvgIpc) is 2.75. The molecule has 1 unspecified atom stereocenters. The molecule has 0 fully saturated rings. The van der Waals surface area contributed by atoms with Gasteiger partial charge in [-0.25, -0.2) is 4.98 Å². The van der Waals surface area contributed by atoms with Gasteiger partial charge in [0.15, 0.2) is 0 Å². The first-order chi connectivity index (χ1) is 8.17. The van der Waals surface area contributed by atoms with Crippen LogP contribution in [0, 0.1) is 0 Å². The van der Waals surface area contributed by atoms with Gasteiger partial charge in [0.25, 0.3) is 0 Å². The number of aliphatic hydroxyl groups excluding tert-OH is 1. The van der Waals surface area contributed by atoms with Crippen LogP contribution in [0.2, 0.25) is 0 Å². The molecule has 1 atom stereocenters. The summed E-state index contributed by atoms with van der Waals surface area (Å²) in [6.45, 7) is 5.37. The Kier molecular flexibility index (Phi) is 7.11. The van der Waals surface area contributed by atoms with Crippen molar-refractivity contribution in [3.05, 3.63) is 16.1 Å². The van der Waals surface area contributed by atoms with E-state index in [1.807, 2.05) is 0 Å². The van der Waals surface area contributed by atoms with Crippen LogP contribution < -0.4 is 5.32 Å². The molecule has 0 amide bonds. The lowest BCUT2D eigenvalue weighted by molar-refractivity contribution is 0.269. The zero-order valence-corrected chi connectivity index (χ0v) is 12.4. The number of nitrogens with one attached hydrogen (secondary N) is 1. The van der Waals surface area contributed by atoms with Crippen molar-refractivity contribution in [3.63, 3.8) is 0 Å². The molecular formula is C12H22N2OS2. The third-order valence-electron chi connectivity index (χ3n) is 2.48. The van der Waals surface area contributed by atoms with E-state index in [1.54, 1.807) is 23.1 Å². The quantitative estimate of drug-likeness (QED) is 0.764. The summed E-state index contributed by atoms with van der Waals surface area (Å²) in [7, 11) is 0. The number of hydrogen-bond donors (Lipinski definition) is 2. The van der Waals surface area contributed by atoms with Crippen molar-refractivity contribution in [3.8, 4) is 0 Å². The predicted octanol–water partition coefficient (Wildman–Crippen LogP) is 2.47. The number of hydrogen-bond acceptors (Lipinski definition) is 5. The molecule has 1 heterocycles. The maximum Gasteiger partial charge on any atom is 0.0954 e. The van der Waals surface area contributed by atoms with E-state index in [0.29, 0.717) is 12.0 Å². The summed E-state index contributed by atoms with van der Waals surface area (Å²) >= 11 is 3.53. The minimum atomic E-state index is 0.243. The van der Waals surface area contributed by atoms with Crippen molar-refractivity contribution < 1.29 is 5.11 Å². The highest BCUT2D eigenvalue weighted by Crippen LogP contribution is 2.19. The Bertz CT molecular complexity index is 309. The van der Waals surface area contributed by atoms with Gasteiger partial charge in [-0.2, -0.15) is 11.8 Å². The van der Waals surface area contributed by atoms with Crippen LogP contribution in [-0.4, -0.2) is 34.7 Å². The smallest absolute Gasteiger partial charge is 0.0954 e. The van der Waals surface area contributed by atoms with Crippen LogP contribution in [0.4, 0.5) is 0 Å². The van der Waals surface area contributed by atoms with Crippen LogP contribution in [0.25, 0.3) is 0 Å². The van der Waals surface area contributed by atoms with Gasteiger partial charge in [-0.05, 0) is 12.7 Å². The van der Waals surface area contributed by atoms with Gasteiger partial charge in [0.05, 0.1) is 10.7 Å². The molecule has 0 saturated carbocycles. The highest BCUT2D eigenvalue weighted by molar-refractivity contribution is 7.98. The van der Waals surface area contributed by atoms with Gasteiger partial charge in [0.1, 0.15) is 0 Å². The molecule has 2 N–H and O–H groups in total. The molecule has 5 heteroatoms. The summed E-state index contributed by atoms with van der Waals surface area (Å²) in [5.41, 5.74) is 1.11. The van der Waals surface area contributed by atoms with Crippen LogP contribution in [0.1, 0.15) is 36.9 Å². The van der Waals surface area contributed by atoms with Gasteiger partial charge < -0.3 is 10.4 Å². The number of thiazole rings is 1. The van der Waals surface area contributed by atoms with E-state index in [4.69, 9.17) is 5.11 Å². The van der Waals surface area contributed by atoms with Gasteiger partial charge in [-0.3, -0.25) is 0 Å². The Morgan fingerprint density at radius 1 is 1.53 bits per heavy atom. The Labute approximate surface area is 112 Å². The molecule has 1 rings (SSSR count). The highest BCUT2D eigenvalue weighted by atomic mass is 32.2. The van der Waals surface area contributed by atoms with Gasteiger partial charge >= 0.3 is 0 Å². The third-order valence-corrected chi connectivity index (χ3v) is 4.41. The fourth-order valence-corrected chi connectivity index (χ4v) is 3.04. The molecule has 0 radical (unpaired) electrons. The Morgan fingerprint density at radius 2 is 2.29 bits per heavy atom. The van der Waals surface area contributed by atoms with Crippen molar-refractivity contribution in [2.75, 3.05) is 18.6 Å². The van der Waals surface area contributed by atoms with Gasteiger partial charge in [0.2, 0.25) is 0 Å². The zero-order chi connectivity index (χ0) is 12.7. The van der Waals surface area contributed by atoms with E-state index in [1.165, 1.54) is 5.01 Å². The SMILES string of the molecule is CSCC(CCO)NCc1csc(C(C)C)n1. The molecule has 0 aromatic carbocycles. The standard InChI is InChI=1S/C12H22N2OS2/c1-9(2)12-14-11(8-17-12)6-13-10(4-5-15)7-16-3/h8-10,13,15H,4-7H2,1-3H3. The number of rotatable bonds is 8. The van der Waals surface area contributed by atoms with Gasteiger partial charge in [-0.15, -0.1) is 11.3 Å². The van der Waals surface area contributed by atoms with Gasteiger partial charge in [-0.1, -0.05) is 13.8 Å². The lowest BCUT2D eigenvalue weighted by atomic mass is 10.2. The Hall–Kier alpha value is -0.100. The second-order valence-electron chi connectivity index (χ2n) is 4.38. The lowest BCUT2D eigenvalue weighted by Crippen LogP contribution is -2.31. The molecular weight excluding hydrogens is 252 g/mol. The van der Waals surface area contributed by atoms with Crippen LogP contribution in [0.5, 0.6) is 0 Å². The summed E-state index contributed by atoms with van der Waals surface area (Å²) in [6.07, 6.45) is 2.90. The normalized spacial score (nSPS) is 13.2. The maximum absolute atomic E-state index is 8.97. The van der Waals surface area contributed by atoms with Crippen LogP contribution in [-0.2, 0) is 6.54 Å². The van der Waals surface area contributed by atoms with Crippen molar-refractivity contribution in [2.45, 2.75) is 38.8 Å². The zero-order valence-electron chi connectivity index (χ0n) is 10.8. The minimum Gasteiger partial charge on any atom is -0.396 e. The molecule has 0 aliphatic carbocycles. The van der Waals surface area contributed by atoms with E-state index in [9.17, 15) is 0 Å². The average molecular weight is 274 g/mol. The van der Waals surface area contributed by atoms with Crippen LogP contribution >= 0.6 is 23.1 Å². The molecule has 0 bridgehead atoms. The van der Waals surface area contributed by atoms with E-state index < -0.39 is 0 Å². The van der Waals surface area contributed by atoms with Gasteiger partial charge in [0, 0.05) is 36.2 Å². The van der Waals surface area contributed by atoms with Crippen molar-refractivity contribution in [1.82, 2.24) is 10.3 Å². The molecule has 0 aliphatic heterocycles. The number of aromatic nitrogens is 1. The molecule has 0 aliphatic rings. The van der Waals surface area contributed by atoms with Crippen molar-refractivity contribution in [1.29, 1.82) is 0 Å². The summed E-state index contributed by atoms with van der Waals surface area (Å²) in [4.78, 5) is 4.59. The largest absolute Gasteiger partial charge is 0.396 e. The summed E-state index contributed by atoms with van der Waals surface area (Å²) in [5.74, 6) is 1.54. The molecule has 1 aromatic rings. The first-order valence-electron chi connectivity index (χ1n) is 5.94. The fraction of sp³-hybridized carbons (Fsp3) is 0.750. The van der Waals surface area contributed by atoms with E-state index in [-0.39, 0.29) is 6.61 Å². The second-order valence-corrected chi connectivity index (χ2v) is 6.18. The van der Waals surface area contributed by atoms with Crippen molar-refractivity contribution >= 4 is 23.1 Å². The van der Waals surface area contributed by atoms with E-state index in [0.717, 1.165) is 24.4 Å². The molecule has 0 spiro atoms. The molecule has 1 aromatic heterocycles. The Morgan fingerprint density at radius 3 is 2.82 bits per heavy atom. The summed E-state index contributed by atoms with van der Waals surface area (Å²) < 4.78 is 0. The number of aliphatic hydroxyl groups is 1. The fourth-order valence-electron chi connectivity index (χ4n) is 1.52. The topological polar surface area (TPSA) is 45.1 Å². The molecule has 3 nitrogen and oxygen atoms in total. The number of thioether (sulfide) groups is 1. The lowest BCUT2D eigenvalue weighted by Gasteiger charge is -2.15. The third kappa shape index (κ3) is 5.38. The monoisotopic (exact) mass is 274 g/mol. The molecule has 0 saturated heterocycles. The number of nitrogens with zero attached hydrogens (tertiary/aromatic N) is 1. The molecule has 17 heavy (non-hydrogen) atoms. The first kappa shape index (κ1) is 15.0. The van der Waals surface area contributed by atoms with Crippen molar-refractivity contribution in [2.24, 2.45) is 0 Å². The molecule has 98 valence electrons. The predicted molar refractivity (Wildman–Crippen MR) is 76.9 cm³/mol. The minimum absolute atomic E-state index is 0.243. The summed E-state index contributed by atoms with van der Waals surface area (Å²) in [5, 5.41) is 15.7. The first-order valence-corrected chi connectivity index (χ1v) is 8.22. The van der Waals surface area contributed by atoms with Crippen LogP contribution in [0.3, 0.4) is 0 Å². The second kappa shape index (κ2) is 8.08.